The first-order chi connectivity index (χ1) is 10.2. The highest BCUT2D eigenvalue weighted by Gasteiger charge is 2.41. The van der Waals surface area contributed by atoms with E-state index in [1.165, 1.54) is 12.8 Å². The molecule has 0 unspecified atom stereocenters. The summed E-state index contributed by atoms with van der Waals surface area (Å²) in [6.07, 6.45) is 3.90. The highest BCUT2D eigenvalue weighted by molar-refractivity contribution is 5.77. The van der Waals surface area contributed by atoms with Gasteiger partial charge in [-0.15, -0.1) is 0 Å². The molecule has 1 aliphatic carbocycles. The molecular formula is C17H24N2O2. The van der Waals surface area contributed by atoms with Gasteiger partial charge < -0.3 is 15.4 Å². The predicted octanol–water partition coefficient (Wildman–Crippen LogP) is 1.82. The molecule has 1 amide bonds. The molecule has 21 heavy (non-hydrogen) atoms. The molecule has 1 aromatic rings. The number of likely N-dealkylation sites (tertiary alicyclic amines) is 1. The van der Waals surface area contributed by atoms with E-state index in [0.717, 1.165) is 36.7 Å². The Morgan fingerprint density at radius 3 is 2.90 bits per heavy atom. The summed E-state index contributed by atoms with van der Waals surface area (Å²) in [6, 6.07) is 8.10. The molecule has 114 valence electrons. The summed E-state index contributed by atoms with van der Waals surface area (Å²) in [5, 5.41) is 0. The van der Waals surface area contributed by atoms with E-state index in [9.17, 15) is 4.79 Å². The molecule has 4 nitrogen and oxygen atoms in total. The Labute approximate surface area is 126 Å². The second-order valence-electron chi connectivity index (χ2n) is 6.32. The number of amides is 1. The lowest BCUT2D eigenvalue weighted by Gasteiger charge is -2.16. The molecule has 0 bridgehead atoms. The Morgan fingerprint density at radius 2 is 2.19 bits per heavy atom. The van der Waals surface area contributed by atoms with E-state index < -0.39 is 0 Å². The fourth-order valence-corrected chi connectivity index (χ4v) is 3.32. The van der Waals surface area contributed by atoms with Crippen molar-refractivity contribution in [1.82, 2.24) is 4.90 Å². The van der Waals surface area contributed by atoms with E-state index in [1.807, 2.05) is 29.2 Å². The summed E-state index contributed by atoms with van der Waals surface area (Å²) in [6.45, 7) is 1.60. The van der Waals surface area contributed by atoms with Gasteiger partial charge in [0.2, 0.25) is 5.91 Å². The van der Waals surface area contributed by atoms with Gasteiger partial charge in [0, 0.05) is 25.6 Å². The van der Waals surface area contributed by atoms with E-state index in [0.29, 0.717) is 12.3 Å². The largest absolute Gasteiger partial charge is 0.497 e. The van der Waals surface area contributed by atoms with Crippen LogP contribution >= 0.6 is 0 Å². The fraction of sp³-hybridized carbons (Fsp3) is 0.588. The summed E-state index contributed by atoms with van der Waals surface area (Å²) in [5.41, 5.74) is 7.33. The SMILES string of the molecule is COc1cccc(CCC(=O)N2C[C@@H](N)[C@H](C3CC3)C2)c1. The van der Waals surface area contributed by atoms with Crippen LogP contribution < -0.4 is 10.5 Å². The Morgan fingerprint density at radius 1 is 1.38 bits per heavy atom. The van der Waals surface area contributed by atoms with Crippen LogP contribution in [0.2, 0.25) is 0 Å². The van der Waals surface area contributed by atoms with Crippen molar-refractivity contribution in [3.63, 3.8) is 0 Å². The second-order valence-corrected chi connectivity index (χ2v) is 6.32. The Bertz CT molecular complexity index is 513. The molecule has 3 rings (SSSR count). The number of rotatable bonds is 5. The van der Waals surface area contributed by atoms with Crippen LogP contribution in [0.15, 0.2) is 24.3 Å². The van der Waals surface area contributed by atoms with Gasteiger partial charge in [-0.3, -0.25) is 4.79 Å². The molecule has 1 aliphatic heterocycles. The minimum Gasteiger partial charge on any atom is -0.497 e. The minimum atomic E-state index is 0.179. The van der Waals surface area contributed by atoms with Gasteiger partial charge >= 0.3 is 0 Å². The number of ether oxygens (including phenoxy) is 1. The van der Waals surface area contributed by atoms with E-state index >= 15 is 0 Å². The number of nitrogens with two attached hydrogens (primary N) is 1. The Balaban J connectivity index is 1.52. The number of methoxy groups -OCH3 is 1. The number of carbonyl (C=O) groups is 1. The minimum absolute atomic E-state index is 0.179. The molecule has 2 fully saturated rings. The van der Waals surface area contributed by atoms with Crippen molar-refractivity contribution in [2.75, 3.05) is 20.2 Å². The summed E-state index contributed by atoms with van der Waals surface area (Å²) >= 11 is 0. The number of hydrogen-bond donors (Lipinski definition) is 1. The van der Waals surface area contributed by atoms with Gasteiger partial charge in [0.05, 0.1) is 7.11 Å². The standard InChI is InChI=1S/C17H24N2O2/c1-21-14-4-2-3-12(9-14)5-8-17(20)19-10-15(13-6-7-13)16(18)11-19/h2-4,9,13,15-16H,5-8,10-11,18H2,1H3/t15-,16+/m0/s1. The number of hydrogen-bond acceptors (Lipinski definition) is 3. The maximum absolute atomic E-state index is 12.3. The first kappa shape index (κ1) is 14.4. The maximum atomic E-state index is 12.3. The van der Waals surface area contributed by atoms with Crippen molar-refractivity contribution in [2.45, 2.75) is 31.7 Å². The van der Waals surface area contributed by atoms with Gasteiger partial charge in [0.15, 0.2) is 0 Å². The third-order valence-electron chi connectivity index (χ3n) is 4.75. The molecule has 0 radical (unpaired) electrons. The Hall–Kier alpha value is -1.55. The van der Waals surface area contributed by atoms with Gasteiger partial charge in [-0.05, 0) is 48.8 Å². The van der Waals surface area contributed by atoms with E-state index in [4.69, 9.17) is 10.5 Å². The molecule has 2 atom stereocenters. The molecular weight excluding hydrogens is 264 g/mol. The zero-order valence-electron chi connectivity index (χ0n) is 12.6. The summed E-state index contributed by atoms with van der Waals surface area (Å²) in [4.78, 5) is 14.3. The van der Waals surface area contributed by atoms with Crippen LogP contribution in [0.4, 0.5) is 0 Å². The first-order valence-electron chi connectivity index (χ1n) is 7.83. The van der Waals surface area contributed by atoms with E-state index in [2.05, 4.69) is 0 Å². The van der Waals surface area contributed by atoms with Crippen molar-refractivity contribution in [3.05, 3.63) is 29.8 Å². The van der Waals surface area contributed by atoms with Gasteiger partial charge in [0.25, 0.3) is 0 Å². The van der Waals surface area contributed by atoms with Crippen molar-refractivity contribution in [1.29, 1.82) is 0 Å². The number of nitrogens with zero attached hydrogens (tertiary/aromatic N) is 1. The predicted molar refractivity (Wildman–Crippen MR) is 82.1 cm³/mol. The zero-order chi connectivity index (χ0) is 14.8. The number of carbonyl (C=O) groups excluding carboxylic acids is 1. The monoisotopic (exact) mass is 288 g/mol. The van der Waals surface area contributed by atoms with Gasteiger partial charge in [-0.2, -0.15) is 0 Å². The third-order valence-corrected chi connectivity index (χ3v) is 4.75. The normalized spacial score (nSPS) is 25.1. The van der Waals surface area contributed by atoms with Crippen LogP contribution in [0.5, 0.6) is 5.75 Å². The maximum Gasteiger partial charge on any atom is 0.222 e. The summed E-state index contributed by atoms with van der Waals surface area (Å²) in [5.74, 6) is 2.38. The van der Waals surface area contributed by atoms with Crippen molar-refractivity contribution in [3.8, 4) is 5.75 Å². The molecule has 0 aromatic heterocycles. The summed E-state index contributed by atoms with van der Waals surface area (Å²) < 4.78 is 5.21. The number of benzene rings is 1. The van der Waals surface area contributed by atoms with E-state index in [-0.39, 0.29) is 11.9 Å². The van der Waals surface area contributed by atoms with Crippen LogP contribution in [0, 0.1) is 11.8 Å². The second kappa shape index (κ2) is 6.06. The van der Waals surface area contributed by atoms with Crippen LogP contribution in [0.3, 0.4) is 0 Å². The zero-order valence-corrected chi connectivity index (χ0v) is 12.6. The van der Waals surface area contributed by atoms with Gasteiger partial charge in [-0.1, -0.05) is 12.1 Å². The molecule has 1 saturated heterocycles. The average molecular weight is 288 g/mol. The topological polar surface area (TPSA) is 55.6 Å². The third kappa shape index (κ3) is 3.38. The molecule has 0 spiro atoms. The van der Waals surface area contributed by atoms with Gasteiger partial charge in [0.1, 0.15) is 5.75 Å². The highest BCUT2D eigenvalue weighted by Crippen LogP contribution is 2.40. The van der Waals surface area contributed by atoms with E-state index in [1.54, 1.807) is 7.11 Å². The highest BCUT2D eigenvalue weighted by atomic mass is 16.5. The smallest absolute Gasteiger partial charge is 0.222 e. The first-order valence-corrected chi connectivity index (χ1v) is 7.83. The lowest BCUT2D eigenvalue weighted by Crippen LogP contribution is -2.32. The average Bonchev–Trinajstić information content (AvgIpc) is 3.27. The molecule has 1 aromatic carbocycles. The quantitative estimate of drug-likeness (QED) is 0.899. The molecule has 2 N–H and O–H groups in total. The van der Waals surface area contributed by atoms with Crippen LogP contribution in [-0.2, 0) is 11.2 Å². The molecule has 1 saturated carbocycles. The van der Waals surface area contributed by atoms with Crippen molar-refractivity contribution < 1.29 is 9.53 Å². The Kier molecular flexibility index (Phi) is 4.15. The summed E-state index contributed by atoms with van der Waals surface area (Å²) in [7, 11) is 1.66. The van der Waals surface area contributed by atoms with Crippen molar-refractivity contribution in [2.24, 2.45) is 17.6 Å². The molecule has 2 aliphatic rings. The van der Waals surface area contributed by atoms with Crippen LogP contribution in [-0.4, -0.2) is 37.0 Å². The van der Waals surface area contributed by atoms with Crippen molar-refractivity contribution >= 4 is 5.91 Å². The van der Waals surface area contributed by atoms with Gasteiger partial charge in [-0.25, -0.2) is 0 Å². The number of aryl methyl sites for hydroxylation is 1. The fourth-order valence-electron chi connectivity index (χ4n) is 3.32. The lowest BCUT2D eigenvalue weighted by molar-refractivity contribution is -0.130. The lowest BCUT2D eigenvalue weighted by atomic mass is 9.99. The van der Waals surface area contributed by atoms with Crippen LogP contribution in [0.1, 0.15) is 24.8 Å². The van der Waals surface area contributed by atoms with Crippen LogP contribution in [0.25, 0.3) is 0 Å². The molecule has 4 heteroatoms. The molecule has 1 heterocycles.